The smallest absolute Gasteiger partial charge is 0.306 e. The molecule has 0 radical (unpaired) electrons. The van der Waals surface area contributed by atoms with E-state index >= 15 is 0 Å². The predicted molar refractivity (Wildman–Crippen MR) is 38.9 cm³/mol. The lowest BCUT2D eigenvalue weighted by atomic mass is 10.1. The fourth-order valence-corrected chi connectivity index (χ4v) is 0.998. The Labute approximate surface area is 65.0 Å². The van der Waals surface area contributed by atoms with Gasteiger partial charge in [0.15, 0.2) is 5.78 Å². The quantitative estimate of drug-likeness (QED) is 0.437. The standard InChI is InChI=1S/C8H10O3/c1-5(6(2)9)7-3-4-8(10)11-7/h7H,1,3-4H2,2H3. The predicted octanol–water partition coefficient (Wildman–Crippen LogP) is 0.837. The molecule has 0 aliphatic carbocycles. The second kappa shape index (κ2) is 2.86. The van der Waals surface area contributed by atoms with Gasteiger partial charge in [0.1, 0.15) is 6.10 Å². The summed E-state index contributed by atoms with van der Waals surface area (Å²) in [5.41, 5.74) is 0.399. The van der Waals surface area contributed by atoms with Crippen molar-refractivity contribution in [2.24, 2.45) is 0 Å². The van der Waals surface area contributed by atoms with Crippen molar-refractivity contribution in [2.45, 2.75) is 25.9 Å². The van der Waals surface area contributed by atoms with Gasteiger partial charge < -0.3 is 4.74 Å². The first-order valence-electron chi connectivity index (χ1n) is 3.50. The molecule has 0 aromatic heterocycles. The molecular weight excluding hydrogens is 144 g/mol. The average Bonchev–Trinajstić information content (AvgIpc) is 2.34. The van der Waals surface area contributed by atoms with Crippen LogP contribution in [0.25, 0.3) is 0 Å². The molecule has 0 spiro atoms. The van der Waals surface area contributed by atoms with E-state index in [9.17, 15) is 9.59 Å². The molecule has 0 bridgehead atoms. The third-order valence-electron chi connectivity index (χ3n) is 1.73. The number of hydrogen-bond acceptors (Lipinski definition) is 3. The van der Waals surface area contributed by atoms with Gasteiger partial charge in [-0.1, -0.05) is 6.58 Å². The van der Waals surface area contributed by atoms with Crippen LogP contribution < -0.4 is 0 Å². The van der Waals surface area contributed by atoms with E-state index < -0.39 is 0 Å². The van der Waals surface area contributed by atoms with Crippen LogP contribution in [0.2, 0.25) is 0 Å². The zero-order valence-corrected chi connectivity index (χ0v) is 6.42. The van der Waals surface area contributed by atoms with Gasteiger partial charge in [0.2, 0.25) is 0 Å². The van der Waals surface area contributed by atoms with Crippen LogP contribution in [0, 0.1) is 0 Å². The van der Waals surface area contributed by atoms with E-state index in [0.29, 0.717) is 18.4 Å². The van der Waals surface area contributed by atoms with E-state index in [4.69, 9.17) is 4.74 Å². The maximum Gasteiger partial charge on any atom is 0.306 e. The van der Waals surface area contributed by atoms with Gasteiger partial charge in [-0.2, -0.15) is 0 Å². The minimum atomic E-state index is -0.361. The Hall–Kier alpha value is -1.12. The average molecular weight is 154 g/mol. The Balaban J connectivity index is 2.56. The summed E-state index contributed by atoms with van der Waals surface area (Å²) in [6, 6.07) is 0. The zero-order chi connectivity index (χ0) is 8.43. The Morgan fingerprint density at radius 3 is 2.73 bits per heavy atom. The summed E-state index contributed by atoms with van der Waals surface area (Å²) in [5.74, 6) is -0.345. The molecule has 60 valence electrons. The second-order valence-electron chi connectivity index (χ2n) is 2.60. The van der Waals surface area contributed by atoms with Crippen LogP contribution in [0.15, 0.2) is 12.2 Å². The van der Waals surface area contributed by atoms with Crippen molar-refractivity contribution in [1.29, 1.82) is 0 Å². The summed E-state index contributed by atoms with van der Waals surface area (Å²) in [6.45, 7) is 4.97. The molecular formula is C8H10O3. The number of carbonyl (C=O) groups is 2. The molecule has 3 nitrogen and oxygen atoms in total. The van der Waals surface area contributed by atoms with E-state index in [1.807, 2.05) is 0 Å². The van der Waals surface area contributed by atoms with Gasteiger partial charge in [0.05, 0.1) is 0 Å². The van der Waals surface area contributed by atoms with Gasteiger partial charge in [0, 0.05) is 12.0 Å². The molecule has 0 N–H and O–H groups in total. The third kappa shape index (κ3) is 1.67. The van der Waals surface area contributed by atoms with Gasteiger partial charge in [-0.05, 0) is 13.3 Å². The maximum absolute atomic E-state index is 10.7. The number of hydrogen-bond donors (Lipinski definition) is 0. The van der Waals surface area contributed by atoms with Crippen LogP contribution in [-0.2, 0) is 14.3 Å². The zero-order valence-electron chi connectivity index (χ0n) is 6.42. The number of ether oxygens (including phenoxy) is 1. The number of Topliss-reactive ketones (excluding diaryl/α,β-unsaturated/α-hetero) is 1. The molecule has 11 heavy (non-hydrogen) atoms. The molecule has 1 unspecified atom stereocenters. The fourth-order valence-electron chi connectivity index (χ4n) is 0.998. The summed E-state index contributed by atoms with van der Waals surface area (Å²) in [6.07, 6.45) is 0.633. The Morgan fingerprint density at radius 2 is 2.36 bits per heavy atom. The Kier molecular flexibility index (Phi) is 2.08. The van der Waals surface area contributed by atoms with E-state index in [1.165, 1.54) is 6.92 Å². The summed E-state index contributed by atoms with van der Waals surface area (Å²) >= 11 is 0. The Bertz CT molecular complexity index is 217. The second-order valence-corrected chi connectivity index (χ2v) is 2.60. The molecule has 1 aliphatic heterocycles. The van der Waals surface area contributed by atoms with Crippen LogP contribution in [-0.4, -0.2) is 17.9 Å². The molecule has 0 amide bonds. The molecule has 1 heterocycles. The van der Waals surface area contributed by atoms with E-state index in [2.05, 4.69) is 6.58 Å². The van der Waals surface area contributed by atoms with Crippen molar-refractivity contribution in [3.63, 3.8) is 0 Å². The molecule has 0 aromatic rings. The first-order valence-corrected chi connectivity index (χ1v) is 3.50. The molecule has 1 fully saturated rings. The molecule has 3 heteroatoms. The lowest BCUT2D eigenvalue weighted by molar-refractivity contribution is -0.140. The van der Waals surface area contributed by atoms with Crippen molar-refractivity contribution >= 4 is 11.8 Å². The van der Waals surface area contributed by atoms with E-state index in [-0.39, 0.29) is 17.9 Å². The third-order valence-corrected chi connectivity index (χ3v) is 1.73. The van der Waals surface area contributed by atoms with Crippen molar-refractivity contribution < 1.29 is 14.3 Å². The van der Waals surface area contributed by atoms with Crippen molar-refractivity contribution in [2.75, 3.05) is 0 Å². The van der Waals surface area contributed by atoms with Crippen molar-refractivity contribution in [3.05, 3.63) is 12.2 Å². The first-order chi connectivity index (χ1) is 5.11. The highest BCUT2D eigenvalue weighted by molar-refractivity contribution is 5.94. The fraction of sp³-hybridized carbons (Fsp3) is 0.500. The molecule has 1 rings (SSSR count). The highest BCUT2D eigenvalue weighted by Crippen LogP contribution is 2.19. The number of esters is 1. The SMILES string of the molecule is C=C(C(C)=O)C1CCC(=O)O1. The molecule has 0 aromatic carbocycles. The van der Waals surface area contributed by atoms with Gasteiger partial charge in [0.25, 0.3) is 0 Å². The number of rotatable bonds is 2. The molecule has 1 atom stereocenters. The van der Waals surface area contributed by atoms with Crippen molar-refractivity contribution in [1.82, 2.24) is 0 Å². The normalized spacial score (nSPS) is 23.0. The number of ketones is 1. The summed E-state index contributed by atoms with van der Waals surface area (Å²) < 4.78 is 4.83. The van der Waals surface area contributed by atoms with Crippen LogP contribution >= 0.6 is 0 Å². The van der Waals surface area contributed by atoms with Crippen LogP contribution in [0.1, 0.15) is 19.8 Å². The van der Waals surface area contributed by atoms with Gasteiger partial charge in [-0.25, -0.2) is 0 Å². The largest absolute Gasteiger partial charge is 0.457 e. The summed E-state index contributed by atoms with van der Waals surface area (Å²) in [4.78, 5) is 21.4. The molecule has 1 aliphatic rings. The van der Waals surface area contributed by atoms with Gasteiger partial charge in [-0.15, -0.1) is 0 Å². The lowest BCUT2D eigenvalue weighted by Gasteiger charge is -2.08. The minimum absolute atomic E-state index is 0.107. The summed E-state index contributed by atoms with van der Waals surface area (Å²) in [7, 11) is 0. The minimum Gasteiger partial charge on any atom is -0.457 e. The first kappa shape index (κ1) is 7.98. The lowest BCUT2D eigenvalue weighted by Crippen LogP contribution is -2.14. The highest BCUT2D eigenvalue weighted by Gasteiger charge is 2.27. The van der Waals surface area contributed by atoms with Crippen LogP contribution in [0.4, 0.5) is 0 Å². The maximum atomic E-state index is 10.7. The Morgan fingerprint density at radius 1 is 1.73 bits per heavy atom. The topological polar surface area (TPSA) is 43.4 Å². The van der Waals surface area contributed by atoms with Crippen LogP contribution in [0.3, 0.4) is 0 Å². The van der Waals surface area contributed by atoms with E-state index in [0.717, 1.165) is 0 Å². The number of cyclic esters (lactones) is 1. The summed E-state index contributed by atoms with van der Waals surface area (Å²) in [5, 5.41) is 0. The molecule has 0 saturated carbocycles. The van der Waals surface area contributed by atoms with Gasteiger partial charge in [-0.3, -0.25) is 9.59 Å². The monoisotopic (exact) mass is 154 g/mol. The molecule has 1 saturated heterocycles. The number of carbonyl (C=O) groups excluding carboxylic acids is 2. The van der Waals surface area contributed by atoms with Crippen molar-refractivity contribution in [3.8, 4) is 0 Å². The van der Waals surface area contributed by atoms with Gasteiger partial charge >= 0.3 is 5.97 Å². The van der Waals surface area contributed by atoms with Crippen LogP contribution in [0.5, 0.6) is 0 Å². The van der Waals surface area contributed by atoms with E-state index in [1.54, 1.807) is 0 Å². The highest BCUT2D eigenvalue weighted by atomic mass is 16.5.